The molecule has 0 heterocycles. The molecular formula is C24H20O9. The number of carbonyl (C=O) groups is 3. The lowest BCUT2D eigenvalue weighted by atomic mass is 10.2. The Kier molecular flexibility index (Phi) is 7.48. The van der Waals surface area contributed by atoms with Crippen molar-refractivity contribution in [3.63, 3.8) is 0 Å². The summed E-state index contributed by atoms with van der Waals surface area (Å²) in [6.07, 6.45) is -0.626. The largest absolute Gasteiger partial charge is 0.490 e. The third kappa shape index (κ3) is 6.73. The number of carboxylic acid groups (broad SMARTS) is 3. The Bertz CT molecular complexity index is 1040. The normalized spacial score (nSPS) is 10.5. The molecule has 170 valence electrons. The van der Waals surface area contributed by atoms with Gasteiger partial charge in [-0.2, -0.15) is 0 Å². The van der Waals surface area contributed by atoms with E-state index in [1.807, 2.05) is 0 Å². The number of hydrogen-bond donors (Lipinski definition) is 3. The molecule has 0 aliphatic rings. The van der Waals surface area contributed by atoms with Crippen LogP contribution < -0.4 is 14.2 Å². The number of rotatable bonds is 11. The molecule has 0 aliphatic heterocycles. The summed E-state index contributed by atoms with van der Waals surface area (Å²) in [6, 6.07) is 17.6. The molecule has 0 amide bonds. The van der Waals surface area contributed by atoms with Crippen LogP contribution in [0.2, 0.25) is 0 Å². The maximum Gasteiger partial charge on any atom is 0.335 e. The van der Waals surface area contributed by atoms with Gasteiger partial charge < -0.3 is 29.5 Å². The predicted molar refractivity (Wildman–Crippen MR) is 116 cm³/mol. The van der Waals surface area contributed by atoms with Crippen LogP contribution >= 0.6 is 0 Å². The minimum Gasteiger partial charge on any atom is -0.490 e. The standard InChI is InChI=1S/C24H20O9/c25-22(26)15-1-7-18(8-2-15)31-13-21(33-20-11-5-17(6-12-20)24(29)30)14-32-19-9-3-16(4-10-19)23(27)28/h1-12,21H,13-14H2,(H,25,26)(H,27,28)(H,29,30). The van der Waals surface area contributed by atoms with Gasteiger partial charge in [-0.25, -0.2) is 14.4 Å². The zero-order chi connectivity index (χ0) is 23.8. The molecule has 0 radical (unpaired) electrons. The van der Waals surface area contributed by atoms with Gasteiger partial charge in [0.2, 0.25) is 0 Å². The van der Waals surface area contributed by atoms with Crippen LogP contribution in [0, 0.1) is 0 Å². The van der Waals surface area contributed by atoms with E-state index in [1.54, 1.807) is 0 Å². The van der Waals surface area contributed by atoms with Crippen LogP contribution in [-0.2, 0) is 0 Å². The van der Waals surface area contributed by atoms with Gasteiger partial charge in [0.15, 0.2) is 6.10 Å². The van der Waals surface area contributed by atoms with E-state index in [0.717, 1.165) is 0 Å². The van der Waals surface area contributed by atoms with E-state index in [1.165, 1.54) is 72.8 Å². The molecule has 0 fully saturated rings. The summed E-state index contributed by atoms with van der Waals surface area (Å²) in [5.41, 5.74) is 0.368. The van der Waals surface area contributed by atoms with Crippen molar-refractivity contribution in [1.29, 1.82) is 0 Å². The highest BCUT2D eigenvalue weighted by Crippen LogP contribution is 2.18. The minimum atomic E-state index is -1.06. The molecule has 0 aromatic heterocycles. The van der Waals surface area contributed by atoms with Crippen molar-refractivity contribution in [2.45, 2.75) is 6.10 Å². The summed E-state index contributed by atoms with van der Waals surface area (Å²) < 4.78 is 17.3. The molecule has 0 bridgehead atoms. The quantitative estimate of drug-likeness (QED) is 0.397. The fourth-order valence-electron chi connectivity index (χ4n) is 2.75. The zero-order valence-corrected chi connectivity index (χ0v) is 17.2. The van der Waals surface area contributed by atoms with Crippen molar-refractivity contribution < 1.29 is 43.9 Å². The average Bonchev–Trinajstić information content (AvgIpc) is 2.81. The zero-order valence-electron chi connectivity index (χ0n) is 17.2. The van der Waals surface area contributed by atoms with Crippen LogP contribution in [0.5, 0.6) is 17.2 Å². The van der Waals surface area contributed by atoms with E-state index in [-0.39, 0.29) is 29.9 Å². The highest BCUT2D eigenvalue weighted by Gasteiger charge is 2.15. The van der Waals surface area contributed by atoms with Gasteiger partial charge >= 0.3 is 17.9 Å². The second-order valence-electron chi connectivity index (χ2n) is 6.85. The van der Waals surface area contributed by atoms with E-state index in [2.05, 4.69) is 0 Å². The third-order valence-electron chi connectivity index (χ3n) is 4.48. The molecule has 0 saturated heterocycles. The van der Waals surface area contributed by atoms with Crippen molar-refractivity contribution in [3.05, 3.63) is 89.5 Å². The van der Waals surface area contributed by atoms with E-state index in [4.69, 9.17) is 29.5 Å². The lowest BCUT2D eigenvalue weighted by molar-refractivity contribution is 0.0684. The fraction of sp³-hybridized carbons (Fsp3) is 0.125. The molecule has 0 unspecified atom stereocenters. The Labute approximate surface area is 188 Å². The smallest absolute Gasteiger partial charge is 0.335 e. The molecule has 9 nitrogen and oxygen atoms in total. The summed E-state index contributed by atoms with van der Waals surface area (Å²) in [7, 11) is 0. The van der Waals surface area contributed by atoms with Gasteiger partial charge in [0.25, 0.3) is 0 Å². The molecule has 0 aliphatic carbocycles. The van der Waals surface area contributed by atoms with Gasteiger partial charge in [0.05, 0.1) is 16.7 Å². The summed E-state index contributed by atoms with van der Waals surface area (Å²) in [5.74, 6) is -1.88. The van der Waals surface area contributed by atoms with Gasteiger partial charge in [-0.15, -0.1) is 0 Å². The molecule has 0 atom stereocenters. The number of ether oxygens (including phenoxy) is 3. The Balaban J connectivity index is 1.68. The highest BCUT2D eigenvalue weighted by atomic mass is 16.6. The van der Waals surface area contributed by atoms with Gasteiger partial charge in [-0.05, 0) is 72.8 Å². The van der Waals surface area contributed by atoms with E-state index < -0.39 is 24.0 Å². The van der Waals surface area contributed by atoms with E-state index in [0.29, 0.717) is 17.2 Å². The van der Waals surface area contributed by atoms with Gasteiger partial charge in [-0.3, -0.25) is 0 Å². The second kappa shape index (κ2) is 10.7. The third-order valence-corrected chi connectivity index (χ3v) is 4.48. The SMILES string of the molecule is O=C(O)c1ccc(OCC(COc2ccc(C(=O)O)cc2)Oc2ccc(C(=O)O)cc2)cc1. The monoisotopic (exact) mass is 452 g/mol. The number of aromatic carboxylic acids is 3. The first-order valence-corrected chi connectivity index (χ1v) is 9.74. The van der Waals surface area contributed by atoms with Crippen LogP contribution in [0.4, 0.5) is 0 Å². The molecule has 0 saturated carbocycles. The molecular weight excluding hydrogens is 432 g/mol. The summed E-state index contributed by atoms with van der Waals surface area (Å²) in [4.78, 5) is 33.0. The van der Waals surface area contributed by atoms with Gasteiger partial charge in [-0.1, -0.05) is 0 Å². The van der Waals surface area contributed by atoms with Crippen LogP contribution in [0.3, 0.4) is 0 Å². The fourth-order valence-corrected chi connectivity index (χ4v) is 2.75. The molecule has 33 heavy (non-hydrogen) atoms. The first kappa shape index (κ1) is 23.1. The average molecular weight is 452 g/mol. The highest BCUT2D eigenvalue weighted by molar-refractivity contribution is 5.88. The first-order chi connectivity index (χ1) is 15.8. The molecule has 3 aromatic carbocycles. The van der Waals surface area contributed by atoms with Crippen molar-refractivity contribution in [2.75, 3.05) is 13.2 Å². The Morgan fingerprint density at radius 3 is 1.15 bits per heavy atom. The topological polar surface area (TPSA) is 140 Å². The molecule has 3 N–H and O–H groups in total. The molecule has 0 spiro atoms. The van der Waals surface area contributed by atoms with Gasteiger partial charge in [0.1, 0.15) is 30.5 Å². The van der Waals surface area contributed by atoms with Crippen molar-refractivity contribution in [2.24, 2.45) is 0 Å². The maximum absolute atomic E-state index is 11.0. The van der Waals surface area contributed by atoms with Crippen LogP contribution in [0.25, 0.3) is 0 Å². The summed E-state index contributed by atoms with van der Waals surface area (Å²) >= 11 is 0. The van der Waals surface area contributed by atoms with E-state index in [9.17, 15) is 14.4 Å². The predicted octanol–water partition coefficient (Wildman–Crippen LogP) is 3.69. The number of benzene rings is 3. The van der Waals surface area contributed by atoms with Crippen LogP contribution in [-0.4, -0.2) is 52.5 Å². The Hall–Kier alpha value is -4.53. The number of hydrogen-bond acceptors (Lipinski definition) is 6. The van der Waals surface area contributed by atoms with Crippen molar-refractivity contribution in [3.8, 4) is 17.2 Å². The van der Waals surface area contributed by atoms with E-state index >= 15 is 0 Å². The second-order valence-corrected chi connectivity index (χ2v) is 6.85. The lowest BCUT2D eigenvalue weighted by Gasteiger charge is -2.20. The molecule has 3 rings (SSSR count). The lowest BCUT2D eigenvalue weighted by Crippen LogP contribution is -2.31. The van der Waals surface area contributed by atoms with Crippen molar-refractivity contribution in [1.82, 2.24) is 0 Å². The van der Waals surface area contributed by atoms with Crippen LogP contribution in [0.15, 0.2) is 72.8 Å². The summed E-state index contributed by atoms with van der Waals surface area (Å²) in [5, 5.41) is 27.0. The van der Waals surface area contributed by atoms with Crippen molar-refractivity contribution >= 4 is 17.9 Å². The Morgan fingerprint density at radius 1 is 0.545 bits per heavy atom. The maximum atomic E-state index is 11.0. The molecule has 9 heteroatoms. The van der Waals surface area contributed by atoms with Gasteiger partial charge in [0, 0.05) is 0 Å². The van der Waals surface area contributed by atoms with Crippen LogP contribution in [0.1, 0.15) is 31.1 Å². The minimum absolute atomic E-state index is 0.0420. The number of carboxylic acids is 3. The molecule has 3 aromatic rings. The first-order valence-electron chi connectivity index (χ1n) is 9.74. The Morgan fingerprint density at radius 2 is 0.848 bits per heavy atom. The summed E-state index contributed by atoms with van der Waals surface area (Å²) in [6.45, 7) is 0.0839.